The monoisotopic (exact) mass is 816 g/mol. The Balaban J connectivity index is 1.18. The van der Waals surface area contributed by atoms with Gasteiger partial charge in [-0.2, -0.15) is 30.7 Å². The lowest BCUT2D eigenvalue weighted by Gasteiger charge is -2.16. The molecule has 7 rings (SSSR count). The first kappa shape index (κ1) is 40.5. The quantitative estimate of drug-likeness (QED) is 0.0719. The summed E-state index contributed by atoms with van der Waals surface area (Å²) in [5.41, 5.74) is 5.17. The molecule has 6 aromatic rings. The minimum atomic E-state index is -4.87. The second-order valence-corrected chi connectivity index (χ2v) is 13.6. The fourth-order valence-electron chi connectivity index (χ4n) is 6.80. The molecule has 1 fully saturated rings. The first-order chi connectivity index (χ1) is 27.7. The van der Waals surface area contributed by atoms with E-state index in [9.17, 15) is 40.6 Å². The third kappa shape index (κ3) is 8.73. The predicted molar refractivity (Wildman–Crippen MR) is 195 cm³/mol. The van der Waals surface area contributed by atoms with Crippen molar-refractivity contribution >= 4 is 28.2 Å². The van der Waals surface area contributed by atoms with E-state index in [1.165, 1.54) is 24.3 Å². The van der Waals surface area contributed by atoms with Crippen molar-refractivity contribution in [1.82, 2.24) is 20.6 Å². The number of ether oxygens (including phenoxy) is 3. The number of carbonyl (C=O) groups is 1. The van der Waals surface area contributed by atoms with Crippen LogP contribution in [-0.4, -0.2) is 65.7 Å². The molecular weight excluding hydrogens is 781 g/mol. The number of alkyl halides is 7. The highest BCUT2D eigenvalue weighted by Gasteiger charge is 2.37. The number of aliphatic hydroxyl groups is 1. The highest BCUT2D eigenvalue weighted by molar-refractivity contribution is 5.85. The van der Waals surface area contributed by atoms with Crippen molar-refractivity contribution in [3.05, 3.63) is 82.9 Å². The zero-order chi connectivity index (χ0) is 41.3. The van der Waals surface area contributed by atoms with Crippen LogP contribution >= 0.6 is 0 Å². The van der Waals surface area contributed by atoms with Crippen molar-refractivity contribution in [2.24, 2.45) is 0 Å². The second kappa shape index (κ2) is 16.6. The third-order valence-corrected chi connectivity index (χ3v) is 9.74. The molecule has 306 valence electrons. The molecule has 3 heterocycles. The number of esters is 1. The molecule has 3 N–H and O–H groups in total. The molecule has 1 aliphatic rings. The smallest absolute Gasteiger partial charge is 0.415 e. The van der Waals surface area contributed by atoms with Gasteiger partial charge >= 0.3 is 25.4 Å². The van der Waals surface area contributed by atoms with Gasteiger partial charge in [-0.3, -0.25) is 4.79 Å². The van der Waals surface area contributed by atoms with E-state index in [2.05, 4.69) is 25.3 Å². The van der Waals surface area contributed by atoms with Gasteiger partial charge in [-0.15, -0.1) is 0 Å². The van der Waals surface area contributed by atoms with E-state index in [1.54, 1.807) is 24.3 Å². The average Bonchev–Trinajstić information content (AvgIpc) is 3.94. The number of nitrogens with zero attached hydrogens (tertiary/aromatic N) is 2. The zero-order valence-electron chi connectivity index (χ0n) is 30.8. The normalized spacial score (nSPS) is 15.2. The molecule has 1 saturated heterocycles. The number of hydrogen-bond donors (Lipinski definition) is 3. The SMILES string of the molecule is Cc1c(-c2nc3cc(CNCC(O)C(F)(F)F)c(OC(F)F)cc3o2)cccc1-c1cccc(-c2nc3cc(COC(=O)[C@@H]4CCCN4)c(OC(F)F)cc3o2)c1C. The van der Waals surface area contributed by atoms with Crippen molar-refractivity contribution < 1.29 is 63.7 Å². The number of nitrogens with one attached hydrogen (secondary N) is 2. The summed E-state index contributed by atoms with van der Waals surface area (Å²) >= 11 is 0. The average molecular weight is 817 g/mol. The van der Waals surface area contributed by atoms with Crippen LogP contribution in [0.5, 0.6) is 11.5 Å². The number of benzene rings is 4. The maximum atomic E-state index is 13.4. The standard InChI is InChI=1S/C40H35F7N4O7/c1-19-23(6-3-8-25(19)35-50-28-12-21(16-48-17-34(52)40(45,46)47)30(57-38(41)42)14-32(28)55-35)24-7-4-9-26(20(24)2)36-51-29-13-22(18-54-37(53)27-10-5-11-49-27)31(58-39(43)44)15-33(29)56-36/h3-4,6-9,12-15,27,34,38-39,48-49,52H,5,10-11,16-18H2,1-2H3/t27-,34?/m0/s1. The molecule has 18 heteroatoms. The molecule has 2 atom stereocenters. The molecule has 0 saturated carbocycles. The van der Waals surface area contributed by atoms with Gasteiger partial charge < -0.3 is 38.8 Å². The van der Waals surface area contributed by atoms with Crippen molar-refractivity contribution in [2.45, 2.75) is 71.4 Å². The minimum Gasteiger partial charge on any atom is -0.460 e. The van der Waals surface area contributed by atoms with Gasteiger partial charge in [0.05, 0.1) is 0 Å². The van der Waals surface area contributed by atoms with Gasteiger partial charge in [0.1, 0.15) is 35.2 Å². The Morgan fingerprint density at radius 3 is 1.86 bits per heavy atom. The summed E-state index contributed by atoms with van der Waals surface area (Å²) in [5, 5.41) is 14.8. The minimum absolute atomic E-state index is 0.0634. The van der Waals surface area contributed by atoms with Crippen LogP contribution in [0.25, 0.3) is 56.2 Å². The van der Waals surface area contributed by atoms with E-state index in [-0.39, 0.29) is 64.2 Å². The van der Waals surface area contributed by atoms with Crippen LogP contribution in [0, 0.1) is 13.8 Å². The van der Waals surface area contributed by atoms with Gasteiger partial charge in [-0.1, -0.05) is 24.3 Å². The first-order valence-electron chi connectivity index (χ1n) is 18.0. The van der Waals surface area contributed by atoms with Gasteiger partial charge in [-0.05, 0) is 79.8 Å². The van der Waals surface area contributed by atoms with E-state index in [4.69, 9.17) is 18.3 Å². The van der Waals surface area contributed by atoms with E-state index in [0.717, 1.165) is 28.7 Å². The zero-order valence-corrected chi connectivity index (χ0v) is 30.8. The molecule has 1 aliphatic heterocycles. The maximum absolute atomic E-state index is 13.4. The van der Waals surface area contributed by atoms with Gasteiger partial charge in [-0.25, -0.2) is 9.97 Å². The Kier molecular flexibility index (Phi) is 11.6. The summed E-state index contributed by atoms with van der Waals surface area (Å²) in [6.07, 6.45) is -6.10. The lowest BCUT2D eigenvalue weighted by molar-refractivity contribution is -0.201. The topological polar surface area (TPSA) is 141 Å². The van der Waals surface area contributed by atoms with Crippen LogP contribution < -0.4 is 20.1 Å². The van der Waals surface area contributed by atoms with Crippen LogP contribution in [0.2, 0.25) is 0 Å². The molecule has 2 aromatic heterocycles. The molecule has 1 unspecified atom stereocenters. The Bertz CT molecular complexity index is 2440. The summed E-state index contributed by atoms with van der Waals surface area (Å²) in [6, 6.07) is 15.7. The lowest BCUT2D eigenvalue weighted by Crippen LogP contribution is -2.38. The predicted octanol–water partition coefficient (Wildman–Crippen LogP) is 8.60. The van der Waals surface area contributed by atoms with Gasteiger partial charge in [0.2, 0.25) is 11.8 Å². The number of oxazole rings is 2. The van der Waals surface area contributed by atoms with Crippen molar-refractivity contribution in [1.29, 1.82) is 0 Å². The second-order valence-electron chi connectivity index (χ2n) is 13.6. The number of aromatic nitrogens is 2. The fraction of sp³-hybridized carbons (Fsp3) is 0.325. The molecule has 0 amide bonds. The first-order valence-corrected chi connectivity index (χ1v) is 18.0. The van der Waals surface area contributed by atoms with Gasteiger partial charge in [0.15, 0.2) is 17.3 Å². The number of carbonyl (C=O) groups excluding carboxylic acids is 1. The Morgan fingerprint density at radius 2 is 1.36 bits per heavy atom. The number of aliphatic hydroxyl groups excluding tert-OH is 1. The number of halogens is 7. The number of rotatable bonds is 14. The van der Waals surface area contributed by atoms with Crippen LogP contribution in [-0.2, 0) is 22.7 Å². The van der Waals surface area contributed by atoms with Crippen LogP contribution in [0.15, 0.2) is 69.5 Å². The van der Waals surface area contributed by atoms with E-state index in [0.29, 0.717) is 29.6 Å². The lowest BCUT2D eigenvalue weighted by atomic mass is 9.91. The van der Waals surface area contributed by atoms with Gasteiger partial charge in [0, 0.05) is 47.5 Å². The van der Waals surface area contributed by atoms with Crippen molar-refractivity contribution in [2.75, 3.05) is 13.1 Å². The van der Waals surface area contributed by atoms with Crippen LogP contribution in [0.4, 0.5) is 30.7 Å². The van der Waals surface area contributed by atoms with E-state index >= 15 is 0 Å². The molecule has 11 nitrogen and oxygen atoms in total. The summed E-state index contributed by atoms with van der Waals surface area (Å²) in [7, 11) is 0. The summed E-state index contributed by atoms with van der Waals surface area (Å²) in [4.78, 5) is 21.7. The molecule has 0 spiro atoms. The molecule has 0 radical (unpaired) electrons. The third-order valence-electron chi connectivity index (χ3n) is 9.74. The summed E-state index contributed by atoms with van der Waals surface area (Å²) < 4.78 is 119. The van der Waals surface area contributed by atoms with E-state index in [1.807, 2.05) is 26.0 Å². The highest BCUT2D eigenvalue weighted by Crippen LogP contribution is 2.39. The molecule has 0 bridgehead atoms. The summed E-state index contributed by atoms with van der Waals surface area (Å²) in [5.74, 6) is -0.741. The largest absolute Gasteiger partial charge is 0.460 e. The summed E-state index contributed by atoms with van der Waals surface area (Å²) in [6.45, 7) is -3.57. The van der Waals surface area contributed by atoms with Crippen molar-refractivity contribution in [3.8, 4) is 45.5 Å². The van der Waals surface area contributed by atoms with Crippen LogP contribution in [0.1, 0.15) is 35.1 Å². The number of fused-ring (bicyclic) bond motifs is 2. The Labute approximate surface area is 325 Å². The van der Waals surface area contributed by atoms with E-state index < -0.39 is 44.1 Å². The van der Waals surface area contributed by atoms with Crippen LogP contribution in [0.3, 0.4) is 0 Å². The Hall–Kier alpha value is -5.72. The molecule has 0 aliphatic carbocycles. The number of hydrogen-bond acceptors (Lipinski definition) is 11. The van der Waals surface area contributed by atoms with Crippen molar-refractivity contribution in [3.63, 3.8) is 0 Å². The molecule has 58 heavy (non-hydrogen) atoms. The highest BCUT2D eigenvalue weighted by atomic mass is 19.4. The Morgan fingerprint density at radius 1 is 0.845 bits per heavy atom. The molecule has 4 aromatic carbocycles. The van der Waals surface area contributed by atoms with Gasteiger partial charge in [0.25, 0.3) is 0 Å². The fourth-order valence-corrected chi connectivity index (χ4v) is 6.80. The maximum Gasteiger partial charge on any atom is 0.415 e. The molecular formula is C40H35F7N4O7.